The van der Waals surface area contributed by atoms with Crippen molar-refractivity contribution in [1.82, 2.24) is 10.6 Å². The number of hydrogen-bond acceptors (Lipinski definition) is 4. The molecule has 1 unspecified atom stereocenters. The second-order valence-electron chi connectivity index (χ2n) is 8.00. The van der Waals surface area contributed by atoms with E-state index in [9.17, 15) is 4.79 Å². The molecule has 6 heteroatoms. The molecular weight excluding hydrogens is 364 g/mol. The van der Waals surface area contributed by atoms with Crippen molar-refractivity contribution < 1.29 is 14.3 Å². The maximum Gasteiger partial charge on any atom is 0.228 e. The van der Waals surface area contributed by atoms with Crippen LogP contribution >= 0.6 is 12.4 Å². The van der Waals surface area contributed by atoms with Crippen molar-refractivity contribution >= 4 is 18.3 Å². The third kappa shape index (κ3) is 4.52. The SMILES string of the molecule is COc1cc(C(C)NC(=O)[C@@]23CCCC[C@H]2CNC3)ccc1OC(C)C.Cl. The molecule has 2 fully saturated rings. The Morgan fingerprint density at radius 2 is 2.04 bits per heavy atom. The summed E-state index contributed by atoms with van der Waals surface area (Å²) in [5, 5.41) is 6.71. The lowest BCUT2D eigenvalue weighted by Gasteiger charge is -2.38. The highest BCUT2D eigenvalue weighted by Gasteiger charge is 2.50. The zero-order valence-corrected chi connectivity index (χ0v) is 17.7. The standard InChI is InChI=1S/C21H32N2O3.ClH/c1-14(2)26-18-9-8-16(11-19(18)25-4)15(3)23-20(24)21-10-6-5-7-17(21)12-22-13-21;/h8-9,11,14-15,17,22H,5-7,10,12-13H2,1-4H3,(H,23,24);1H/t15?,17-,21+;/m0./s1. The summed E-state index contributed by atoms with van der Waals surface area (Å²) in [5.41, 5.74) is 0.804. The minimum atomic E-state index is -0.225. The lowest BCUT2D eigenvalue weighted by molar-refractivity contribution is -0.134. The number of methoxy groups -OCH3 is 1. The van der Waals surface area contributed by atoms with E-state index in [-0.39, 0.29) is 35.9 Å². The van der Waals surface area contributed by atoms with Gasteiger partial charge < -0.3 is 20.1 Å². The van der Waals surface area contributed by atoms with Gasteiger partial charge in [-0.15, -0.1) is 12.4 Å². The number of amides is 1. The highest BCUT2D eigenvalue weighted by molar-refractivity contribution is 5.85. The van der Waals surface area contributed by atoms with Crippen molar-refractivity contribution in [1.29, 1.82) is 0 Å². The topological polar surface area (TPSA) is 59.6 Å². The van der Waals surface area contributed by atoms with Gasteiger partial charge in [0, 0.05) is 6.54 Å². The molecule has 2 aliphatic rings. The number of hydrogen-bond donors (Lipinski definition) is 2. The number of rotatable bonds is 6. The van der Waals surface area contributed by atoms with Crippen LogP contribution in [0.1, 0.15) is 58.1 Å². The molecule has 1 aliphatic heterocycles. The van der Waals surface area contributed by atoms with Crippen molar-refractivity contribution in [2.75, 3.05) is 20.2 Å². The van der Waals surface area contributed by atoms with Gasteiger partial charge in [-0.1, -0.05) is 18.9 Å². The minimum absolute atomic E-state index is 0. The predicted octanol–water partition coefficient (Wildman–Crippen LogP) is 3.86. The molecule has 1 amide bonds. The number of benzene rings is 1. The summed E-state index contributed by atoms with van der Waals surface area (Å²) < 4.78 is 11.3. The molecule has 1 saturated carbocycles. The van der Waals surface area contributed by atoms with Crippen LogP contribution in [0.3, 0.4) is 0 Å². The van der Waals surface area contributed by atoms with Gasteiger partial charge in [0.2, 0.25) is 5.91 Å². The first kappa shape index (κ1) is 21.8. The normalized spacial score (nSPS) is 25.3. The molecule has 0 bridgehead atoms. The number of carbonyl (C=O) groups is 1. The lowest BCUT2D eigenvalue weighted by Crippen LogP contribution is -2.48. The van der Waals surface area contributed by atoms with Gasteiger partial charge in [0.05, 0.1) is 24.7 Å². The van der Waals surface area contributed by atoms with Crippen LogP contribution in [-0.2, 0) is 4.79 Å². The van der Waals surface area contributed by atoms with Crippen molar-refractivity contribution in [2.24, 2.45) is 11.3 Å². The largest absolute Gasteiger partial charge is 0.493 e. The molecule has 1 heterocycles. The first-order chi connectivity index (χ1) is 12.5. The number of nitrogens with one attached hydrogen (secondary N) is 2. The average molecular weight is 397 g/mol. The number of fused-ring (bicyclic) bond motifs is 1. The molecular formula is C21H33ClN2O3. The van der Waals surface area contributed by atoms with Gasteiger partial charge in [-0.25, -0.2) is 0 Å². The second-order valence-corrected chi connectivity index (χ2v) is 8.00. The molecule has 0 spiro atoms. The third-order valence-electron chi connectivity index (χ3n) is 5.89. The number of halogens is 1. The van der Waals surface area contributed by atoms with Crippen molar-refractivity contribution in [3.05, 3.63) is 23.8 Å². The molecule has 0 aromatic heterocycles. The maximum absolute atomic E-state index is 13.1. The fourth-order valence-electron chi connectivity index (χ4n) is 4.42. The zero-order valence-electron chi connectivity index (χ0n) is 16.8. The van der Waals surface area contributed by atoms with Crippen LogP contribution in [0.4, 0.5) is 0 Å². The molecule has 3 atom stereocenters. The van der Waals surface area contributed by atoms with E-state index in [1.807, 2.05) is 39.0 Å². The molecule has 1 aliphatic carbocycles. The first-order valence-corrected chi connectivity index (χ1v) is 9.82. The smallest absolute Gasteiger partial charge is 0.228 e. The third-order valence-corrected chi connectivity index (χ3v) is 5.89. The average Bonchev–Trinajstić information content (AvgIpc) is 3.06. The summed E-state index contributed by atoms with van der Waals surface area (Å²) in [4.78, 5) is 13.1. The summed E-state index contributed by atoms with van der Waals surface area (Å²) in [6.07, 6.45) is 4.63. The minimum Gasteiger partial charge on any atom is -0.493 e. The summed E-state index contributed by atoms with van der Waals surface area (Å²) in [7, 11) is 1.64. The van der Waals surface area contributed by atoms with Gasteiger partial charge >= 0.3 is 0 Å². The van der Waals surface area contributed by atoms with Crippen LogP contribution in [0, 0.1) is 11.3 Å². The highest BCUT2D eigenvalue weighted by atomic mass is 35.5. The van der Waals surface area contributed by atoms with Crippen LogP contribution in [0.2, 0.25) is 0 Å². The summed E-state index contributed by atoms with van der Waals surface area (Å²) in [5.74, 6) is 2.10. The van der Waals surface area contributed by atoms with Crippen molar-refractivity contribution in [3.63, 3.8) is 0 Å². The van der Waals surface area contributed by atoms with E-state index in [1.165, 1.54) is 6.42 Å². The Hall–Kier alpha value is -1.46. The Labute approximate surface area is 169 Å². The van der Waals surface area contributed by atoms with Gasteiger partial charge in [-0.3, -0.25) is 4.79 Å². The first-order valence-electron chi connectivity index (χ1n) is 9.82. The summed E-state index contributed by atoms with van der Waals surface area (Å²) >= 11 is 0. The van der Waals surface area contributed by atoms with E-state index in [4.69, 9.17) is 9.47 Å². The Morgan fingerprint density at radius 1 is 1.26 bits per heavy atom. The Kier molecular flexibility index (Phi) is 7.40. The van der Waals surface area contributed by atoms with Crippen LogP contribution in [0.25, 0.3) is 0 Å². The molecule has 5 nitrogen and oxygen atoms in total. The van der Waals surface area contributed by atoms with Crippen LogP contribution < -0.4 is 20.1 Å². The highest BCUT2D eigenvalue weighted by Crippen LogP contribution is 2.44. The molecule has 1 saturated heterocycles. The van der Waals surface area contributed by atoms with E-state index in [0.29, 0.717) is 11.7 Å². The molecule has 1 aromatic rings. The molecule has 1 aromatic carbocycles. The van der Waals surface area contributed by atoms with Gasteiger partial charge in [-0.2, -0.15) is 0 Å². The Balaban J connectivity index is 0.00000261. The van der Waals surface area contributed by atoms with Crippen LogP contribution in [-0.4, -0.2) is 32.2 Å². The lowest BCUT2D eigenvalue weighted by atomic mass is 9.67. The molecule has 0 radical (unpaired) electrons. The maximum atomic E-state index is 13.1. The van der Waals surface area contributed by atoms with Crippen molar-refractivity contribution in [3.8, 4) is 11.5 Å². The Morgan fingerprint density at radius 3 is 2.74 bits per heavy atom. The summed E-state index contributed by atoms with van der Waals surface area (Å²) in [6, 6.07) is 5.83. The quantitative estimate of drug-likeness (QED) is 0.766. The molecule has 27 heavy (non-hydrogen) atoms. The fourth-order valence-corrected chi connectivity index (χ4v) is 4.42. The predicted molar refractivity (Wildman–Crippen MR) is 110 cm³/mol. The zero-order chi connectivity index (χ0) is 18.7. The second kappa shape index (κ2) is 9.16. The van der Waals surface area contributed by atoms with Gasteiger partial charge in [0.25, 0.3) is 0 Å². The fraction of sp³-hybridized carbons (Fsp3) is 0.667. The number of carbonyl (C=O) groups excluding carboxylic acids is 1. The van der Waals surface area contributed by atoms with Crippen LogP contribution in [0.15, 0.2) is 18.2 Å². The van der Waals surface area contributed by atoms with Gasteiger partial charge in [0.1, 0.15) is 0 Å². The summed E-state index contributed by atoms with van der Waals surface area (Å²) in [6.45, 7) is 7.79. The molecule has 3 rings (SSSR count). The van der Waals surface area contributed by atoms with E-state index in [2.05, 4.69) is 10.6 Å². The van der Waals surface area contributed by atoms with E-state index < -0.39 is 0 Å². The molecule has 152 valence electrons. The molecule has 2 N–H and O–H groups in total. The van der Waals surface area contributed by atoms with Crippen LogP contribution in [0.5, 0.6) is 11.5 Å². The Bertz CT molecular complexity index is 652. The van der Waals surface area contributed by atoms with E-state index >= 15 is 0 Å². The van der Waals surface area contributed by atoms with Gasteiger partial charge in [0.15, 0.2) is 11.5 Å². The number of ether oxygens (including phenoxy) is 2. The van der Waals surface area contributed by atoms with E-state index in [0.717, 1.165) is 43.7 Å². The van der Waals surface area contributed by atoms with E-state index in [1.54, 1.807) is 7.11 Å². The van der Waals surface area contributed by atoms with Gasteiger partial charge in [-0.05, 0) is 63.8 Å². The monoisotopic (exact) mass is 396 g/mol. The van der Waals surface area contributed by atoms with Crippen molar-refractivity contribution in [2.45, 2.75) is 58.6 Å².